The first kappa shape index (κ1) is 14.4. The lowest BCUT2D eigenvalue weighted by Crippen LogP contribution is -2.32. The topological polar surface area (TPSA) is 63.9 Å². The SMILES string of the molecule is Cn1ccnc1C(=O)N1C[C@H]2CC[C@H](Cc3cnccn3)[C@H]2C1. The number of amides is 1. The quantitative estimate of drug-likeness (QED) is 0.863. The van der Waals surface area contributed by atoms with Crippen molar-refractivity contribution in [2.24, 2.45) is 24.8 Å². The molecule has 23 heavy (non-hydrogen) atoms. The molecular weight excluding hydrogens is 290 g/mol. The Balaban J connectivity index is 1.45. The van der Waals surface area contributed by atoms with Gasteiger partial charge in [0.15, 0.2) is 5.82 Å². The van der Waals surface area contributed by atoms with Crippen molar-refractivity contribution >= 4 is 5.91 Å². The molecule has 3 heterocycles. The Morgan fingerprint density at radius 2 is 2.13 bits per heavy atom. The molecule has 2 aromatic rings. The van der Waals surface area contributed by atoms with Gasteiger partial charge in [-0.1, -0.05) is 0 Å². The summed E-state index contributed by atoms with van der Waals surface area (Å²) in [6.07, 6.45) is 12.2. The van der Waals surface area contributed by atoms with Crippen LogP contribution in [-0.2, 0) is 13.5 Å². The molecule has 6 nitrogen and oxygen atoms in total. The van der Waals surface area contributed by atoms with Crippen LogP contribution < -0.4 is 0 Å². The van der Waals surface area contributed by atoms with Crippen LogP contribution in [0, 0.1) is 17.8 Å². The number of fused-ring (bicyclic) bond motifs is 1. The summed E-state index contributed by atoms with van der Waals surface area (Å²) in [5, 5.41) is 0. The second-order valence-corrected chi connectivity index (χ2v) is 6.73. The van der Waals surface area contributed by atoms with Crippen molar-refractivity contribution in [3.63, 3.8) is 0 Å². The molecule has 1 saturated carbocycles. The molecule has 1 aliphatic heterocycles. The number of aromatic nitrogens is 4. The van der Waals surface area contributed by atoms with E-state index >= 15 is 0 Å². The molecular formula is C17H21N5O. The van der Waals surface area contributed by atoms with Crippen LogP contribution in [0.15, 0.2) is 31.0 Å². The van der Waals surface area contributed by atoms with Crippen LogP contribution in [0.1, 0.15) is 29.2 Å². The van der Waals surface area contributed by atoms with Crippen LogP contribution in [0.4, 0.5) is 0 Å². The third-order valence-electron chi connectivity index (χ3n) is 5.39. The molecule has 0 N–H and O–H groups in total. The molecule has 120 valence electrons. The van der Waals surface area contributed by atoms with Gasteiger partial charge in [0.2, 0.25) is 0 Å². The maximum Gasteiger partial charge on any atom is 0.289 e. The first-order valence-corrected chi connectivity index (χ1v) is 8.24. The fourth-order valence-corrected chi connectivity index (χ4v) is 4.21. The van der Waals surface area contributed by atoms with Gasteiger partial charge in [-0.3, -0.25) is 14.8 Å². The molecule has 0 unspecified atom stereocenters. The normalized spacial score (nSPS) is 26.5. The summed E-state index contributed by atoms with van der Waals surface area (Å²) in [6.45, 7) is 1.72. The predicted octanol–water partition coefficient (Wildman–Crippen LogP) is 1.55. The number of nitrogens with zero attached hydrogens (tertiary/aromatic N) is 5. The number of imidazole rings is 1. The summed E-state index contributed by atoms with van der Waals surface area (Å²) < 4.78 is 1.80. The lowest BCUT2D eigenvalue weighted by Gasteiger charge is -2.20. The molecule has 2 aliphatic rings. The number of aryl methyl sites for hydroxylation is 1. The van der Waals surface area contributed by atoms with Crippen molar-refractivity contribution in [1.82, 2.24) is 24.4 Å². The van der Waals surface area contributed by atoms with Crippen molar-refractivity contribution in [2.75, 3.05) is 13.1 Å². The molecule has 0 radical (unpaired) electrons. The molecule has 3 atom stereocenters. The molecule has 2 fully saturated rings. The zero-order chi connectivity index (χ0) is 15.8. The minimum absolute atomic E-state index is 0.0603. The Labute approximate surface area is 135 Å². The Bertz CT molecular complexity index is 698. The summed E-state index contributed by atoms with van der Waals surface area (Å²) in [7, 11) is 1.87. The minimum atomic E-state index is 0.0603. The van der Waals surface area contributed by atoms with Gasteiger partial charge in [-0.2, -0.15) is 0 Å². The fraction of sp³-hybridized carbons (Fsp3) is 0.529. The van der Waals surface area contributed by atoms with E-state index in [4.69, 9.17) is 0 Å². The van der Waals surface area contributed by atoms with Crippen molar-refractivity contribution in [3.05, 3.63) is 42.5 Å². The summed E-state index contributed by atoms with van der Waals surface area (Å²) in [6, 6.07) is 0. The third kappa shape index (κ3) is 2.62. The standard InChI is InChI=1S/C17H21N5O/c1-21-7-6-20-16(21)17(23)22-10-13-3-2-12(15(13)11-22)8-14-9-18-4-5-19-14/h4-7,9,12-13,15H,2-3,8,10-11H2,1H3/t12-,13-,15-/m1/s1. The van der Waals surface area contributed by atoms with Gasteiger partial charge in [-0.25, -0.2) is 4.98 Å². The summed E-state index contributed by atoms with van der Waals surface area (Å²) in [5.41, 5.74) is 1.06. The Morgan fingerprint density at radius 3 is 2.87 bits per heavy atom. The summed E-state index contributed by atoms with van der Waals surface area (Å²) >= 11 is 0. The number of hydrogen-bond donors (Lipinski definition) is 0. The van der Waals surface area contributed by atoms with E-state index in [2.05, 4.69) is 15.0 Å². The average molecular weight is 311 g/mol. The highest BCUT2D eigenvalue weighted by Gasteiger charge is 2.44. The van der Waals surface area contributed by atoms with Crippen molar-refractivity contribution in [2.45, 2.75) is 19.3 Å². The van der Waals surface area contributed by atoms with Gasteiger partial charge >= 0.3 is 0 Å². The highest BCUT2D eigenvalue weighted by atomic mass is 16.2. The number of carbonyl (C=O) groups excluding carboxylic acids is 1. The number of carbonyl (C=O) groups is 1. The van der Waals surface area contributed by atoms with E-state index in [9.17, 15) is 4.79 Å². The van der Waals surface area contributed by atoms with Gasteiger partial charge < -0.3 is 9.47 Å². The smallest absolute Gasteiger partial charge is 0.289 e. The summed E-state index contributed by atoms with van der Waals surface area (Å²) in [4.78, 5) is 27.4. The Kier molecular flexibility index (Phi) is 3.59. The lowest BCUT2D eigenvalue weighted by atomic mass is 9.89. The van der Waals surface area contributed by atoms with E-state index in [1.807, 2.05) is 24.3 Å². The van der Waals surface area contributed by atoms with Crippen LogP contribution in [0.5, 0.6) is 0 Å². The first-order valence-electron chi connectivity index (χ1n) is 8.24. The number of hydrogen-bond acceptors (Lipinski definition) is 4. The van der Waals surface area contributed by atoms with Gasteiger partial charge in [-0.15, -0.1) is 0 Å². The van der Waals surface area contributed by atoms with Crippen LogP contribution in [0.25, 0.3) is 0 Å². The van der Waals surface area contributed by atoms with E-state index in [-0.39, 0.29) is 5.91 Å². The molecule has 1 amide bonds. The molecule has 1 saturated heterocycles. The van der Waals surface area contributed by atoms with Crippen LogP contribution in [-0.4, -0.2) is 43.4 Å². The highest BCUT2D eigenvalue weighted by molar-refractivity contribution is 5.91. The largest absolute Gasteiger partial charge is 0.335 e. The minimum Gasteiger partial charge on any atom is -0.335 e. The maximum atomic E-state index is 12.6. The lowest BCUT2D eigenvalue weighted by molar-refractivity contribution is 0.0761. The molecule has 1 aliphatic carbocycles. The van der Waals surface area contributed by atoms with E-state index in [1.54, 1.807) is 23.2 Å². The number of rotatable bonds is 3. The van der Waals surface area contributed by atoms with Crippen LogP contribution in [0.3, 0.4) is 0 Å². The zero-order valence-corrected chi connectivity index (χ0v) is 13.3. The fourth-order valence-electron chi connectivity index (χ4n) is 4.21. The molecule has 0 bridgehead atoms. The zero-order valence-electron chi connectivity index (χ0n) is 13.3. The molecule has 2 aromatic heterocycles. The van der Waals surface area contributed by atoms with Crippen LogP contribution >= 0.6 is 0 Å². The number of likely N-dealkylation sites (tertiary alicyclic amines) is 1. The second-order valence-electron chi connectivity index (χ2n) is 6.73. The van der Waals surface area contributed by atoms with E-state index in [0.29, 0.717) is 23.6 Å². The van der Waals surface area contributed by atoms with E-state index < -0.39 is 0 Å². The third-order valence-corrected chi connectivity index (χ3v) is 5.39. The molecule has 6 heteroatoms. The second kappa shape index (κ2) is 5.76. The van der Waals surface area contributed by atoms with E-state index in [1.165, 1.54) is 12.8 Å². The van der Waals surface area contributed by atoms with E-state index in [0.717, 1.165) is 25.2 Å². The van der Waals surface area contributed by atoms with Gasteiger partial charge in [0.05, 0.1) is 5.69 Å². The van der Waals surface area contributed by atoms with Crippen molar-refractivity contribution in [1.29, 1.82) is 0 Å². The molecule has 4 rings (SSSR count). The Hall–Kier alpha value is -2.24. The molecule has 0 aromatic carbocycles. The van der Waals surface area contributed by atoms with Crippen molar-refractivity contribution in [3.8, 4) is 0 Å². The Morgan fingerprint density at radius 1 is 1.22 bits per heavy atom. The van der Waals surface area contributed by atoms with Gasteiger partial charge in [-0.05, 0) is 37.0 Å². The monoisotopic (exact) mass is 311 g/mol. The van der Waals surface area contributed by atoms with Gasteiger partial charge in [0.1, 0.15) is 0 Å². The van der Waals surface area contributed by atoms with Gasteiger partial charge in [0, 0.05) is 51.1 Å². The molecule has 0 spiro atoms. The van der Waals surface area contributed by atoms with Crippen molar-refractivity contribution < 1.29 is 4.79 Å². The highest BCUT2D eigenvalue weighted by Crippen LogP contribution is 2.43. The first-order chi connectivity index (χ1) is 11.2. The van der Waals surface area contributed by atoms with Crippen LogP contribution in [0.2, 0.25) is 0 Å². The predicted molar refractivity (Wildman–Crippen MR) is 84.6 cm³/mol. The van der Waals surface area contributed by atoms with Gasteiger partial charge in [0.25, 0.3) is 5.91 Å². The summed E-state index contributed by atoms with van der Waals surface area (Å²) in [5.74, 6) is 2.42. The average Bonchev–Trinajstić information content (AvgIpc) is 3.25. The maximum absolute atomic E-state index is 12.6.